The number of amides is 1. The summed E-state index contributed by atoms with van der Waals surface area (Å²) in [6.45, 7) is 0.620. The first-order chi connectivity index (χ1) is 14.7. The lowest BCUT2D eigenvalue weighted by Gasteiger charge is -2.23. The molecule has 9 heteroatoms. The number of sulfonamides is 1. The maximum absolute atomic E-state index is 12.6. The molecule has 0 bridgehead atoms. The number of hydrogen-bond acceptors (Lipinski definition) is 6. The first-order valence-electron chi connectivity index (χ1n) is 9.76. The van der Waals surface area contributed by atoms with Crippen molar-refractivity contribution in [2.24, 2.45) is 0 Å². The van der Waals surface area contributed by atoms with Gasteiger partial charge in [-0.15, -0.1) is 0 Å². The van der Waals surface area contributed by atoms with Crippen molar-refractivity contribution in [1.82, 2.24) is 4.90 Å². The van der Waals surface area contributed by atoms with Crippen LogP contribution in [0, 0.1) is 0 Å². The molecule has 0 N–H and O–H groups in total. The third-order valence-corrected chi connectivity index (χ3v) is 6.00. The van der Waals surface area contributed by atoms with Gasteiger partial charge in [-0.05, 0) is 48.4 Å². The van der Waals surface area contributed by atoms with Crippen molar-refractivity contribution in [2.45, 2.75) is 19.4 Å². The van der Waals surface area contributed by atoms with Crippen LogP contribution in [-0.4, -0.2) is 60.4 Å². The fourth-order valence-corrected chi connectivity index (χ4v) is 4.11. The van der Waals surface area contributed by atoms with Crippen molar-refractivity contribution in [1.29, 1.82) is 0 Å². The van der Waals surface area contributed by atoms with E-state index in [9.17, 15) is 13.2 Å². The van der Waals surface area contributed by atoms with Crippen molar-refractivity contribution in [3.8, 4) is 17.2 Å². The largest absolute Gasteiger partial charge is 0.497 e. The van der Waals surface area contributed by atoms with Crippen LogP contribution in [0.1, 0.15) is 18.4 Å². The van der Waals surface area contributed by atoms with E-state index in [4.69, 9.17) is 14.2 Å². The molecule has 0 unspecified atom stereocenters. The third kappa shape index (κ3) is 6.78. The number of ether oxygens (including phenoxy) is 3. The van der Waals surface area contributed by atoms with Crippen LogP contribution in [0.2, 0.25) is 0 Å². The smallest absolute Gasteiger partial charge is 0.232 e. The monoisotopic (exact) mass is 450 g/mol. The summed E-state index contributed by atoms with van der Waals surface area (Å²) in [4.78, 5) is 14.2. The summed E-state index contributed by atoms with van der Waals surface area (Å²) in [6.07, 6.45) is 1.78. The Kier molecular flexibility index (Phi) is 8.56. The van der Waals surface area contributed by atoms with E-state index in [1.54, 1.807) is 63.6 Å². The molecule has 8 nitrogen and oxygen atoms in total. The second-order valence-corrected chi connectivity index (χ2v) is 8.98. The quantitative estimate of drug-likeness (QED) is 0.523. The zero-order valence-electron chi connectivity index (χ0n) is 18.6. The Morgan fingerprint density at radius 3 is 2.13 bits per heavy atom. The number of nitrogens with zero attached hydrogens (tertiary/aromatic N) is 2. The molecule has 0 aromatic heterocycles. The third-order valence-electron chi connectivity index (χ3n) is 4.81. The van der Waals surface area contributed by atoms with E-state index in [1.807, 2.05) is 12.1 Å². The molecule has 31 heavy (non-hydrogen) atoms. The van der Waals surface area contributed by atoms with E-state index in [-0.39, 0.29) is 18.9 Å². The molecule has 2 aromatic rings. The number of methoxy groups -OCH3 is 3. The number of rotatable bonds is 11. The predicted octanol–water partition coefficient (Wildman–Crippen LogP) is 2.92. The van der Waals surface area contributed by atoms with Crippen LogP contribution in [0.4, 0.5) is 5.69 Å². The first kappa shape index (κ1) is 24.3. The van der Waals surface area contributed by atoms with E-state index in [0.29, 0.717) is 35.9 Å². The minimum Gasteiger partial charge on any atom is -0.497 e. The van der Waals surface area contributed by atoms with Gasteiger partial charge in [0.1, 0.15) is 5.75 Å². The Morgan fingerprint density at radius 1 is 0.935 bits per heavy atom. The lowest BCUT2D eigenvalue weighted by molar-refractivity contribution is -0.130. The maximum Gasteiger partial charge on any atom is 0.232 e. The van der Waals surface area contributed by atoms with Crippen molar-refractivity contribution in [3.63, 3.8) is 0 Å². The second-order valence-electron chi connectivity index (χ2n) is 7.08. The second kappa shape index (κ2) is 10.9. The minimum absolute atomic E-state index is 0.0713. The van der Waals surface area contributed by atoms with Crippen molar-refractivity contribution >= 4 is 21.6 Å². The average Bonchev–Trinajstić information content (AvgIpc) is 2.75. The molecule has 0 saturated carbocycles. The summed E-state index contributed by atoms with van der Waals surface area (Å²) in [5.41, 5.74) is 1.44. The van der Waals surface area contributed by atoms with Gasteiger partial charge in [-0.25, -0.2) is 8.42 Å². The molecule has 0 atom stereocenters. The Bertz CT molecular complexity index is 976. The van der Waals surface area contributed by atoms with Crippen LogP contribution in [-0.2, 0) is 21.4 Å². The van der Waals surface area contributed by atoms with Crippen molar-refractivity contribution in [2.75, 3.05) is 45.5 Å². The van der Waals surface area contributed by atoms with Crippen molar-refractivity contribution < 1.29 is 27.4 Å². The Balaban J connectivity index is 1.96. The summed E-state index contributed by atoms with van der Waals surface area (Å²) in [5, 5.41) is 0. The van der Waals surface area contributed by atoms with Crippen molar-refractivity contribution in [3.05, 3.63) is 48.0 Å². The van der Waals surface area contributed by atoms with Gasteiger partial charge in [0, 0.05) is 26.6 Å². The van der Waals surface area contributed by atoms with Gasteiger partial charge in [-0.3, -0.25) is 9.10 Å². The standard InChI is InChI=1S/C22H30N2O6S/c1-23(16-17-8-13-20(29-3)21(15-17)30-4)22(25)7-6-14-24(31(5,26)27)18-9-11-19(28-2)12-10-18/h8-13,15H,6-7,14,16H2,1-5H3. The molecule has 170 valence electrons. The van der Waals surface area contributed by atoms with Crippen LogP contribution in [0.3, 0.4) is 0 Å². The summed E-state index contributed by atoms with van der Waals surface area (Å²) in [7, 11) is 2.92. The van der Waals surface area contributed by atoms with Crippen LogP contribution in [0.25, 0.3) is 0 Å². The zero-order chi connectivity index (χ0) is 23.0. The lowest BCUT2D eigenvalue weighted by Crippen LogP contribution is -2.32. The molecule has 0 heterocycles. The molecule has 1 amide bonds. The van der Waals surface area contributed by atoms with Crippen LogP contribution in [0.15, 0.2) is 42.5 Å². The summed E-state index contributed by atoms with van der Waals surface area (Å²) in [5.74, 6) is 1.80. The zero-order valence-corrected chi connectivity index (χ0v) is 19.4. The average molecular weight is 451 g/mol. The number of benzene rings is 2. The van der Waals surface area contributed by atoms with E-state index >= 15 is 0 Å². The summed E-state index contributed by atoms with van der Waals surface area (Å²) >= 11 is 0. The van der Waals surface area contributed by atoms with Crippen LogP contribution >= 0.6 is 0 Å². The van der Waals surface area contributed by atoms with E-state index in [0.717, 1.165) is 11.8 Å². The van der Waals surface area contributed by atoms with E-state index in [2.05, 4.69) is 0 Å². The van der Waals surface area contributed by atoms with Gasteiger partial charge in [-0.1, -0.05) is 6.07 Å². The molecule has 0 aliphatic rings. The first-order valence-corrected chi connectivity index (χ1v) is 11.6. The molecule has 0 aliphatic carbocycles. The minimum atomic E-state index is -3.48. The molecule has 0 fully saturated rings. The van der Waals surface area contributed by atoms with Crippen LogP contribution < -0.4 is 18.5 Å². The highest BCUT2D eigenvalue weighted by molar-refractivity contribution is 7.92. The summed E-state index contributed by atoms with van der Waals surface area (Å²) < 4.78 is 41.4. The van der Waals surface area contributed by atoms with Gasteiger partial charge in [0.15, 0.2) is 11.5 Å². The van der Waals surface area contributed by atoms with Gasteiger partial charge in [-0.2, -0.15) is 0 Å². The molecular formula is C22H30N2O6S. The lowest BCUT2D eigenvalue weighted by atomic mass is 10.1. The molecule has 0 aliphatic heterocycles. The molecule has 2 rings (SSSR count). The fraction of sp³-hybridized carbons (Fsp3) is 0.409. The number of hydrogen-bond donors (Lipinski definition) is 0. The van der Waals surface area contributed by atoms with Crippen LogP contribution in [0.5, 0.6) is 17.2 Å². The number of anilines is 1. The Hall–Kier alpha value is -2.94. The highest BCUT2D eigenvalue weighted by Gasteiger charge is 2.18. The normalized spacial score (nSPS) is 11.0. The van der Waals surface area contributed by atoms with Gasteiger partial charge < -0.3 is 19.1 Å². The summed E-state index contributed by atoms with van der Waals surface area (Å²) in [6, 6.07) is 12.3. The van der Waals surface area contributed by atoms with Gasteiger partial charge in [0.05, 0.1) is 33.3 Å². The molecular weight excluding hydrogens is 420 g/mol. The maximum atomic E-state index is 12.6. The fourth-order valence-electron chi connectivity index (χ4n) is 3.14. The van der Waals surface area contributed by atoms with Gasteiger partial charge in [0.2, 0.25) is 15.9 Å². The SMILES string of the molecule is COc1ccc(N(CCCC(=O)N(C)Cc2ccc(OC)c(OC)c2)S(C)(=O)=O)cc1. The predicted molar refractivity (Wildman–Crippen MR) is 120 cm³/mol. The number of carbonyl (C=O) groups excluding carboxylic acids is 1. The molecule has 0 radical (unpaired) electrons. The van der Waals surface area contributed by atoms with E-state index < -0.39 is 10.0 Å². The van der Waals surface area contributed by atoms with Gasteiger partial charge >= 0.3 is 0 Å². The molecule has 0 spiro atoms. The number of carbonyl (C=O) groups is 1. The topological polar surface area (TPSA) is 85.4 Å². The Labute approximate surface area is 184 Å². The molecule has 0 saturated heterocycles. The molecule has 2 aromatic carbocycles. The Morgan fingerprint density at radius 2 is 1.58 bits per heavy atom. The highest BCUT2D eigenvalue weighted by atomic mass is 32.2. The van der Waals surface area contributed by atoms with E-state index in [1.165, 1.54) is 4.31 Å². The highest BCUT2D eigenvalue weighted by Crippen LogP contribution is 2.28. The van der Waals surface area contributed by atoms with Gasteiger partial charge in [0.25, 0.3) is 0 Å².